The molecule has 1 amide bonds. The summed E-state index contributed by atoms with van der Waals surface area (Å²) in [6.45, 7) is 8.65. The molecule has 1 fully saturated rings. The molecule has 1 aromatic rings. The van der Waals surface area contributed by atoms with Gasteiger partial charge in [-0.05, 0) is 52.7 Å². The minimum Gasteiger partial charge on any atom is -0.475 e. The van der Waals surface area contributed by atoms with Crippen LogP contribution in [0.15, 0.2) is 16.5 Å². The fraction of sp³-hybridized carbons (Fsp3) is 0.647. The minimum atomic E-state index is -1.08. The van der Waals surface area contributed by atoms with Crippen molar-refractivity contribution >= 4 is 12.1 Å². The number of nitrogens with zero attached hydrogens (tertiary/aromatic N) is 1. The predicted molar refractivity (Wildman–Crippen MR) is 87.9 cm³/mol. The number of carboxylic acids is 1. The van der Waals surface area contributed by atoms with Crippen LogP contribution in [0.4, 0.5) is 4.79 Å². The number of likely N-dealkylation sites (tertiary alicyclic amines) is 1. The number of nitrogens with one attached hydrogen (secondary N) is 1. The van der Waals surface area contributed by atoms with Gasteiger partial charge in [0, 0.05) is 18.6 Å². The van der Waals surface area contributed by atoms with Gasteiger partial charge in [-0.15, -0.1) is 0 Å². The number of furan rings is 1. The van der Waals surface area contributed by atoms with Crippen LogP contribution in [0.5, 0.6) is 0 Å². The largest absolute Gasteiger partial charge is 0.475 e. The molecule has 7 nitrogen and oxygen atoms in total. The Balaban J connectivity index is 1.93. The molecular formula is C17H26N2O5. The number of aromatic carboxylic acids is 1. The molecule has 0 spiro atoms. The Morgan fingerprint density at radius 1 is 1.42 bits per heavy atom. The Kier molecular flexibility index (Phi) is 5.54. The normalized spacial score (nSPS) is 21.6. The molecule has 1 aromatic heterocycles. The molecule has 24 heavy (non-hydrogen) atoms. The van der Waals surface area contributed by atoms with Gasteiger partial charge in [0.15, 0.2) is 0 Å². The second-order valence-electron chi connectivity index (χ2n) is 7.12. The van der Waals surface area contributed by atoms with Gasteiger partial charge in [-0.3, -0.25) is 0 Å². The van der Waals surface area contributed by atoms with Crippen molar-refractivity contribution in [3.63, 3.8) is 0 Å². The summed E-state index contributed by atoms with van der Waals surface area (Å²) in [5.74, 6) is -0.587. The molecule has 7 heteroatoms. The molecule has 0 saturated carbocycles. The summed E-state index contributed by atoms with van der Waals surface area (Å²) in [6, 6.07) is 3.18. The zero-order valence-electron chi connectivity index (χ0n) is 14.7. The molecule has 2 N–H and O–H groups in total. The first kappa shape index (κ1) is 18.3. The van der Waals surface area contributed by atoms with E-state index in [1.54, 1.807) is 11.0 Å². The van der Waals surface area contributed by atoms with Crippen molar-refractivity contribution in [2.75, 3.05) is 6.54 Å². The average Bonchev–Trinajstić information content (AvgIpc) is 2.93. The quantitative estimate of drug-likeness (QED) is 0.877. The zero-order chi connectivity index (χ0) is 17.9. The lowest BCUT2D eigenvalue weighted by atomic mass is 9.98. The highest BCUT2D eigenvalue weighted by molar-refractivity contribution is 5.84. The third-order valence-corrected chi connectivity index (χ3v) is 4.03. The van der Waals surface area contributed by atoms with Crippen LogP contribution in [-0.2, 0) is 11.3 Å². The summed E-state index contributed by atoms with van der Waals surface area (Å²) in [4.78, 5) is 24.9. The molecule has 2 rings (SSSR count). The smallest absolute Gasteiger partial charge is 0.410 e. The Labute approximate surface area is 142 Å². The summed E-state index contributed by atoms with van der Waals surface area (Å²) in [7, 11) is 0. The number of piperidine rings is 1. The molecular weight excluding hydrogens is 312 g/mol. The molecule has 0 bridgehead atoms. The van der Waals surface area contributed by atoms with Crippen LogP contribution >= 0.6 is 0 Å². The first-order chi connectivity index (χ1) is 11.2. The molecule has 1 saturated heterocycles. The van der Waals surface area contributed by atoms with Crippen LogP contribution in [-0.4, -0.2) is 46.3 Å². The molecule has 2 unspecified atom stereocenters. The van der Waals surface area contributed by atoms with E-state index in [0.29, 0.717) is 18.8 Å². The second-order valence-corrected chi connectivity index (χ2v) is 7.12. The van der Waals surface area contributed by atoms with Crippen molar-refractivity contribution in [1.82, 2.24) is 10.2 Å². The van der Waals surface area contributed by atoms with Gasteiger partial charge in [-0.2, -0.15) is 0 Å². The second kappa shape index (κ2) is 7.25. The monoisotopic (exact) mass is 338 g/mol. The Morgan fingerprint density at radius 2 is 2.12 bits per heavy atom. The van der Waals surface area contributed by atoms with E-state index in [0.717, 1.165) is 12.8 Å². The highest BCUT2D eigenvalue weighted by Crippen LogP contribution is 2.21. The first-order valence-electron chi connectivity index (χ1n) is 8.22. The molecule has 0 aromatic carbocycles. The molecule has 134 valence electrons. The fourth-order valence-corrected chi connectivity index (χ4v) is 2.81. The molecule has 2 heterocycles. The van der Waals surface area contributed by atoms with E-state index in [1.165, 1.54) is 6.07 Å². The number of carbonyl (C=O) groups is 2. The van der Waals surface area contributed by atoms with E-state index in [-0.39, 0.29) is 23.9 Å². The number of amides is 1. The average molecular weight is 338 g/mol. The van der Waals surface area contributed by atoms with Crippen molar-refractivity contribution in [3.8, 4) is 0 Å². The van der Waals surface area contributed by atoms with Gasteiger partial charge in [0.2, 0.25) is 5.76 Å². The van der Waals surface area contributed by atoms with Crippen LogP contribution in [0.25, 0.3) is 0 Å². The molecule has 0 aliphatic carbocycles. The maximum Gasteiger partial charge on any atom is 0.410 e. The number of ether oxygens (including phenoxy) is 1. The summed E-state index contributed by atoms with van der Waals surface area (Å²) in [6.07, 6.45) is 1.53. The Morgan fingerprint density at radius 3 is 2.71 bits per heavy atom. The molecule has 1 aliphatic heterocycles. The summed E-state index contributed by atoms with van der Waals surface area (Å²) >= 11 is 0. The van der Waals surface area contributed by atoms with Crippen molar-refractivity contribution in [2.45, 2.75) is 64.8 Å². The first-order valence-corrected chi connectivity index (χ1v) is 8.22. The highest BCUT2D eigenvalue weighted by atomic mass is 16.6. The van der Waals surface area contributed by atoms with Gasteiger partial charge < -0.3 is 24.5 Å². The molecule has 0 radical (unpaired) electrons. The lowest BCUT2D eigenvalue weighted by Gasteiger charge is -2.40. The van der Waals surface area contributed by atoms with E-state index >= 15 is 0 Å². The van der Waals surface area contributed by atoms with E-state index in [4.69, 9.17) is 14.3 Å². The minimum absolute atomic E-state index is 0.0116. The van der Waals surface area contributed by atoms with Gasteiger partial charge in [-0.25, -0.2) is 9.59 Å². The van der Waals surface area contributed by atoms with Gasteiger partial charge in [0.1, 0.15) is 11.4 Å². The summed E-state index contributed by atoms with van der Waals surface area (Å²) in [5.41, 5.74) is -0.515. The number of rotatable bonds is 4. The number of hydrogen-bond acceptors (Lipinski definition) is 5. The van der Waals surface area contributed by atoms with Gasteiger partial charge >= 0.3 is 12.1 Å². The van der Waals surface area contributed by atoms with Gasteiger partial charge in [-0.1, -0.05) is 0 Å². The Hall–Kier alpha value is -2.02. The maximum atomic E-state index is 12.3. The number of carbonyl (C=O) groups excluding carboxylic acids is 1. The van der Waals surface area contributed by atoms with Crippen LogP contribution in [0, 0.1) is 0 Å². The summed E-state index contributed by atoms with van der Waals surface area (Å²) in [5, 5.41) is 12.2. The van der Waals surface area contributed by atoms with Crippen molar-refractivity contribution in [1.29, 1.82) is 0 Å². The van der Waals surface area contributed by atoms with Crippen molar-refractivity contribution < 1.29 is 23.8 Å². The number of carboxylic acid groups (broad SMARTS) is 1. The third-order valence-electron chi connectivity index (χ3n) is 4.03. The van der Waals surface area contributed by atoms with Crippen LogP contribution in [0.1, 0.15) is 56.9 Å². The predicted octanol–water partition coefficient (Wildman–Crippen LogP) is 2.86. The van der Waals surface area contributed by atoms with Gasteiger partial charge in [0.05, 0.1) is 6.54 Å². The van der Waals surface area contributed by atoms with Crippen LogP contribution in [0.2, 0.25) is 0 Å². The maximum absolute atomic E-state index is 12.3. The third kappa shape index (κ3) is 4.74. The number of hydrogen-bond donors (Lipinski definition) is 2. The molecule has 2 atom stereocenters. The molecule has 1 aliphatic rings. The van der Waals surface area contributed by atoms with E-state index in [1.807, 2.05) is 27.7 Å². The van der Waals surface area contributed by atoms with Crippen LogP contribution in [0.3, 0.4) is 0 Å². The SMILES string of the molecule is CC1C(NCc2ccc(C(=O)O)o2)CCCN1C(=O)OC(C)(C)C. The van der Waals surface area contributed by atoms with Crippen molar-refractivity contribution in [3.05, 3.63) is 23.7 Å². The topological polar surface area (TPSA) is 92.0 Å². The zero-order valence-corrected chi connectivity index (χ0v) is 14.7. The van der Waals surface area contributed by atoms with E-state index < -0.39 is 11.6 Å². The fourth-order valence-electron chi connectivity index (χ4n) is 2.81. The highest BCUT2D eigenvalue weighted by Gasteiger charge is 2.33. The van der Waals surface area contributed by atoms with Crippen molar-refractivity contribution in [2.24, 2.45) is 0 Å². The van der Waals surface area contributed by atoms with E-state index in [2.05, 4.69) is 5.32 Å². The van der Waals surface area contributed by atoms with Crippen LogP contribution < -0.4 is 5.32 Å². The van der Waals surface area contributed by atoms with E-state index in [9.17, 15) is 9.59 Å². The Bertz CT molecular complexity index is 590. The summed E-state index contributed by atoms with van der Waals surface area (Å²) < 4.78 is 10.7. The lowest BCUT2D eigenvalue weighted by Crippen LogP contribution is -2.55. The lowest BCUT2D eigenvalue weighted by molar-refractivity contribution is 0.00686. The standard InChI is InChI=1S/C17H26N2O5/c1-11-13(18-10-12-7-8-14(23-12)15(20)21)6-5-9-19(11)16(22)24-17(2,3)4/h7-8,11,13,18H,5-6,9-10H2,1-4H3,(H,20,21). The van der Waals surface area contributed by atoms with Gasteiger partial charge in [0.25, 0.3) is 0 Å².